The van der Waals surface area contributed by atoms with Crippen molar-refractivity contribution in [2.75, 3.05) is 27.0 Å². The van der Waals surface area contributed by atoms with Crippen molar-refractivity contribution in [3.8, 4) is 11.5 Å². The van der Waals surface area contributed by atoms with E-state index in [1.165, 1.54) is 4.31 Å². The molecule has 0 N–H and O–H groups in total. The van der Waals surface area contributed by atoms with Gasteiger partial charge in [0, 0.05) is 31.8 Å². The van der Waals surface area contributed by atoms with Crippen LogP contribution in [0.5, 0.6) is 11.5 Å². The van der Waals surface area contributed by atoms with E-state index < -0.39 is 16.1 Å². The smallest absolute Gasteiger partial charge is 0.241 e. The van der Waals surface area contributed by atoms with Gasteiger partial charge in [-0.2, -0.15) is 4.31 Å². The average molecular weight is 433 g/mol. The number of fused-ring (bicyclic) bond motifs is 1. The van der Waals surface area contributed by atoms with Crippen molar-refractivity contribution in [2.45, 2.75) is 32.5 Å². The number of carbonyl (C=O) groups excluding carboxylic acids is 1. The van der Waals surface area contributed by atoms with E-state index >= 15 is 0 Å². The molecule has 1 aliphatic rings. The molecule has 0 aromatic heterocycles. The molecule has 1 amide bonds. The molecule has 1 heterocycles. The molecule has 0 saturated heterocycles. The zero-order valence-corrected chi connectivity index (χ0v) is 18.6. The fourth-order valence-electron chi connectivity index (χ4n) is 3.74. The second-order valence-corrected chi connectivity index (χ2v) is 9.52. The standard InChI is InChI=1S/C22H28N2O5S/c1-5-30(26,27)24-15-17-9-7-6-8-16(17)12-20(24)22(25)23(2)14-18-10-11-19(28-3)13-21(18)29-4/h6-11,13,20H,5,12,14-15H2,1-4H3/t20-/m0/s1. The molecule has 0 aliphatic carbocycles. The molecule has 0 bridgehead atoms. The lowest BCUT2D eigenvalue weighted by atomic mass is 9.95. The predicted octanol–water partition coefficient (Wildman–Crippen LogP) is 2.44. The number of sulfonamides is 1. The van der Waals surface area contributed by atoms with E-state index in [-0.39, 0.29) is 18.2 Å². The molecule has 2 aromatic rings. The van der Waals surface area contributed by atoms with Crippen LogP contribution in [0.15, 0.2) is 42.5 Å². The zero-order chi connectivity index (χ0) is 21.9. The third-order valence-electron chi connectivity index (χ3n) is 5.49. The molecular weight excluding hydrogens is 404 g/mol. The van der Waals surface area contributed by atoms with Crippen LogP contribution < -0.4 is 9.47 Å². The number of rotatable bonds is 7. The molecule has 8 heteroatoms. The summed E-state index contributed by atoms with van der Waals surface area (Å²) in [5, 5.41) is 0. The van der Waals surface area contributed by atoms with Crippen LogP contribution in [-0.2, 0) is 34.3 Å². The normalized spacial score (nSPS) is 16.6. The minimum atomic E-state index is -3.54. The Bertz CT molecular complexity index is 1020. The summed E-state index contributed by atoms with van der Waals surface area (Å²) in [7, 11) is 1.28. The second kappa shape index (κ2) is 9.06. The van der Waals surface area contributed by atoms with Crippen LogP contribution in [0.3, 0.4) is 0 Å². The van der Waals surface area contributed by atoms with Crippen LogP contribution >= 0.6 is 0 Å². The molecule has 2 aromatic carbocycles. The average Bonchev–Trinajstić information content (AvgIpc) is 2.77. The number of ether oxygens (including phenoxy) is 2. The van der Waals surface area contributed by atoms with Gasteiger partial charge in [-0.1, -0.05) is 24.3 Å². The van der Waals surface area contributed by atoms with Gasteiger partial charge in [-0.25, -0.2) is 8.42 Å². The number of hydrogen-bond acceptors (Lipinski definition) is 5. The Morgan fingerprint density at radius 2 is 1.83 bits per heavy atom. The highest BCUT2D eigenvalue weighted by Gasteiger charge is 2.39. The fraction of sp³-hybridized carbons (Fsp3) is 0.409. The van der Waals surface area contributed by atoms with E-state index in [4.69, 9.17) is 9.47 Å². The maximum Gasteiger partial charge on any atom is 0.241 e. The lowest BCUT2D eigenvalue weighted by Gasteiger charge is -2.36. The van der Waals surface area contributed by atoms with E-state index in [1.54, 1.807) is 45.2 Å². The van der Waals surface area contributed by atoms with E-state index in [0.717, 1.165) is 16.7 Å². The number of likely N-dealkylation sites (N-methyl/N-ethyl adjacent to an activating group) is 1. The molecule has 30 heavy (non-hydrogen) atoms. The summed E-state index contributed by atoms with van der Waals surface area (Å²) in [4.78, 5) is 14.9. The lowest BCUT2D eigenvalue weighted by molar-refractivity contribution is -0.135. The monoisotopic (exact) mass is 432 g/mol. The van der Waals surface area contributed by atoms with Crippen LogP contribution in [0, 0.1) is 0 Å². The number of benzene rings is 2. The summed E-state index contributed by atoms with van der Waals surface area (Å²) in [6.07, 6.45) is 0.359. The fourth-order valence-corrected chi connectivity index (χ4v) is 4.96. The van der Waals surface area contributed by atoms with Gasteiger partial charge in [-0.05, 0) is 36.6 Å². The molecule has 0 fully saturated rings. The van der Waals surface area contributed by atoms with Gasteiger partial charge in [0.05, 0.1) is 20.0 Å². The Labute approximate surface area is 178 Å². The van der Waals surface area contributed by atoms with E-state index in [0.29, 0.717) is 24.5 Å². The Morgan fingerprint density at radius 1 is 1.13 bits per heavy atom. The Hall–Kier alpha value is -2.58. The van der Waals surface area contributed by atoms with Crippen molar-refractivity contribution in [2.24, 2.45) is 0 Å². The highest BCUT2D eigenvalue weighted by molar-refractivity contribution is 7.89. The highest BCUT2D eigenvalue weighted by Crippen LogP contribution is 2.29. The van der Waals surface area contributed by atoms with Gasteiger partial charge in [-0.3, -0.25) is 4.79 Å². The quantitative estimate of drug-likeness (QED) is 0.672. The van der Waals surface area contributed by atoms with Gasteiger partial charge in [0.2, 0.25) is 15.9 Å². The Kier molecular flexibility index (Phi) is 6.67. The number of amides is 1. The van der Waals surface area contributed by atoms with Gasteiger partial charge in [0.25, 0.3) is 0 Å². The molecule has 1 aliphatic heterocycles. The third kappa shape index (κ3) is 4.44. The van der Waals surface area contributed by atoms with Gasteiger partial charge < -0.3 is 14.4 Å². The van der Waals surface area contributed by atoms with Crippen molar-refractivity contribution >= 4 is 15.9 Å². The zero-order valence-electron chi connectivity index (χ0n) is 17.8. The molecule has 7 nitrogen and oxygen atoms in total. The van der Waals surface area contributed by atoms with Crippen LogP contribution in [0.1, 0.15) is 23.6 Å². The van der Waals surface area contributed by atoms with Crippen molar-refractivity contribution in [3.05, 3.63) is 59.2 Å². The minimum Gasteiger partial charge on any atom is -0.497 e. The van der Waals surface area contributed by atoms with Gasteiger partial charge in [0.1, 0.15) is 17.5 Å². The molecule has 0 unspecified atom stereocenters. The third-order valence-corrected chi connectivity index (χ3v) is 7.32. The number of hydrogen-bond donors (Lipinski definition) is 0. The van der Waals surface area contributed by atoms with Gasteiger partial charge in [0.15, 0.2) is 0 Å². The summed E-state index contributed by atoms with van der Waals surface area (Å²) in [6.45, 7) is 2.11. The first-order chi connectivity index (χ1) is 14.3. The summed E-state index contributed by atoms with van der Waals surface area (Å²) in [5.41, 5.74) is 2.77. The number of carbonyl (C=O) groups is 1. The maximum absolute atomic E-state index is 13.4. The van der Waals surface area contributed by atoms with Crippen molar-refractivity contribution in [1.82, 2.24) is 9.21 Å². The van der Waals surface area contributed by atoms with Crippen LogP contribution in [-0.4, -0.2) is 56.6 Å². The van der Waals surface area contributed by atoms with Gasteiger partial charge in [-0.15, -0.1) is 0 Å². The number of methoxy groups -OCH3 is 2. The topological polar surface area (TPSA) is 76.2 Å². The van der Waals surface area contributed by atoms with E-state index in [1.807, 2.05) is 30.3 Å². The van der Waals surface area contributed by atoms with Crippen molar-refractivity contribution in [3.63, 3.8) is 0 Å². The minimum absolute atomic E-state index is 0.0467. The summed E-state index contributed by atoms with van der Waals surface area (Å²) in [6, 6.07) is 12.3. The van der Waals surface area contributed by atoms with Crippen LogP contribution in [0.25, 0.3) is 0 Å². The first-order valence-corrected chi connectivity index (χ1v) is 11.4. The maximum atomic E-state index is 13.4. The van der Waals surface area contributed by atoms with Crippen molar-refractivity contribution < 1.29 is 22.7 Å². The molecule has 0 radical (unpaired) electrons. The lowest BCUT2D eigenvalue weighted by Crippen LogP contribution is -2.53. The van der Waals surface area contributed by atoms with Crippen molar-refractivity contribution in [1.29, 1.82) is 0 Å². The molecule has 1 atom stereocenters. The molecular formula is C22H28N2O5S. The first-order valence-electron chi connectivity index (χ1n) is 9.83. The molecule has 0 spiro atoms. The molecule has 0 saturated carbocycles. The second-order valence-electron chi connectivity index (χ2n) is 7.31. The van der Waals surface area contributed by atoms with E-state index in [9.17, 15) is 13.2 Å². The first kappa shape index (κ1) is 22.1. The SMILES string of the molecule is CCS(=O)(=O)N1Cc2ccccc2C[C@H]1C(=O)N(C)Cc1ccc(OC)cc1OC. The predicted molar refractivity (Wildman–Crippen MR) is 115 cm³/mol. The Balaban J connectivity index is 1.88. The van der Waals surface area contributed by atoms with Crippen LogP contribution in [0.2, 0.25) is 0 Å². The highest BCUT2D eigenvalue weighted by atomic mass is 32.2. The largest absolute Gasteiger partial charge is 0.497 e. The Morgan fingerprint density at radius 3 is 2.47 bits per heavy atom. The summed E-state index contributed by atoms with van der Waals surface area (Å²) < 4.78 is 37.5. The molecule has 162 valence electrons. The molecule has 3 rings (SSSR count). The number of nitrogens with zero attached hydrogens (tertiary/aromatic N) is 2. The summed E-state index contributed by atoms with van der Waals surface area (Å²) >= 11 is 0. The van der Waals surface area contributed by atoms with E-state index in [2.05, 4.69) is 0 Å². The van der Waals surface area contributed by atoms with Crippen LogP contribution in [0.4, 0.5) is 0 Å². The summed E-state index contributed by atoms with van der Waals surface area (Å²) in [5.74, 6) is 0.990. The van der Waals surface area contributed by atoms with Gasteiger partial charge >= 0.3 is 0 Å².